The van der Waals surface area contributed by atoms with E-state index in [0.717, 1.165) is 54.0 Å². The molecule has 1 amide bonds. The molecule has 1 N–H and O–H groups in total. The highest BCUT2D eigenvalue weighted by atomic mass is 16.5. The Morgan fingerprint density at radius 3 is 2.43 bits per heavy atom. The van der Waals surface area contributed by atoms with E-state index in [0.29, 0.717) is 42.2 Å². The lowest BCUT2D eigenvalue weighted by molar-refractivity contribution is 0.0602. The first kappa shape index (κ1) is 23.3. The number of benzene rings is 2. The molecule has 2 aliphatic rings. The molecule has 6 heteroatoms. The van der Waals surface area contributed by atoms with Crippen LogP contribution < -0.4 is 0 Å². The molecule has 1 aromatic heterocycles. The van der Waals surface area contributed by atoms with E-state index in [9.17, 15) is 4.79 Å². The number of carbonyl (C=O) groups excluding carboxylic acids is 1. The van der Waals surface area contributed by atoms with E-state index >= 15 is 0 Å². The first-order chi connectivity index (χ1) is 17.0. The van der Waals surface area contributed by atoms with E-state index in [1.54, 1.807) is 7.11 Å². The molecule has 2 heterocycles. The Balaban J connectivity index is 1.30. The molecule has 1 aliphatic heterocycles. The van der Waals surface area contributed by atoms with Crippen LogP contribution in [0.4, 0.5) is 0 Å². The maximum atomic E-state index is 13.2. The molecule has 1 saturated carbocycles. The SMILES string of the molecule is CO[C@H]1CC[C@@H](c2nc(C)c(-c3cc(C(=O)N4CC(c5ccc(C#N)cc5)C4)ccc3C)[nH]2)CC1. The Morgan fingerprint density at radius 1 is 1.06 bits per heavy atom. The van der Waals surface area contributed by atoms with Crippen LogP contribution in [-0.2, 0) is 4.74 Å². The molecule has 3 aromatic rings. The summed E-state index contributed by atoms with van der Waals surface area (Å²) in [6.07, 6.45) is 4.66. The average molecular weight is 469 g/mol. The van der Waals surface area contributed by atoms with Gasteiger partial charge in [0.2, 0.25) is 0 Å². The number of nitriles is 1. The third-order valence-corrected chi connectivity index (χ3v) is 7.73. The molecule has 2 aromatic carbocycles. The maximum Gasteiger partial charge on any atom is 0.253 e. The lowest BCUT2D eigenvalue weighted by Gasteiger charge is -2.39. The van der Waals surface area contributed by atoms with Gasteiger partial charge in [-0.2, -0.15) is 5.26 Å². The molecule has 6 nitrogen and oxygen atoms in total. The van der Waals surface area contributed by atoms with E-state index in [2.05, 4.69) is 18.0 Å². The van der Waals surface area contributed by atoms with Gasteiger partial charge >= 0.3 is 0 Å². The molecular weight excluding hydrogens is 436 g/mol. The summed E-state index contributed by atoms with van der Waals surface area (Å²) in [6.45, 7) is 5.52. The monoisotopic (exact) mass is 468 g/mol. The lowest BCUT2D eigenvalue weighted by Crippen LogP contribution is -2.48. The number of hydrogen-bond acceptors (Lipinski definition) is 4. The third kappa shape index (κ3) is 4.61. The summed E-state index contributed by atoms with van der Waals surface area (Å²) in [4.78, 5) is 23.6. The fourth-order valence-corrected chi connectivity index (χ4v) is 5.40. The van der Waals surface area contributed by atoms with E-state index in [4.69, 9.17) is 15.0 Å². The van der Waals surface area contributed by atoms with Crippen molar-refractivity contribution in [3.8, 4) is 17.3 Å². The number of aryl methyl sites for hydroxylation is 2. The van der Waals surface area contributed by atoms with Gasteiger partial charge < -0.3 is 14.6 Å². The first-order valence-electron chi connectivity index (χ1n) is 12.5. The van der Waals surface area contributed by atoms with Crippen molar-refractivity contribution in [1.82, 2.24) is 14.9 Å². The molecule has 0 bridgehead atoms. The summed E-state index contributed by atoms with van der Waals surface area (Å²) in [5.74, 6) is 1.86. The molecule has 0 atom stereocenters. The van der Waals surface area contributed by atoms with Crippen LogP contribution in [0.2, 0.25) is 0 Å². The number of carbonyl (C=O) groups is 1. The zero-order valence-electron chi connectivity index (χ0n) is 20.7. The Hall–Kier alpha value is -3.43. The number of aromatic amines is 1. The number of rotatable bonds is 5. The number of hydrogen-bond donors (Lipinski definition) is 1. The molecule has 2 fully saturated rings. The summed E-state index contributed by atoms with van der Waals surface area (Å²) in [5, 5.41) is 8.99. The summed E-state index contributed by atoms with van der Waals surface area (Å²) >= 11 is 0. The van der Waals surface area contributed by atoms with Crippen molar-refractivity contribution in [2.45, 2.75) is 57.5 Å². The van der Waals surface area contributed by atoms with Gasteiger partial charge in [-0.3, -0.25) is 4.79 Å². The Labute approximate surface area is 206 Å². The van der Waals surface area contributed by atoms with Crippen molar-refractivity contribution in [3.05, 3.63) is 76.2 Å². The quantitative estimate of drug-likeness (QED) is 0.538. The molecule has 35 heavy (non-hydrogen) atoms. The molecule has 1 saturated heterocycles. The van der Waals surface area contributed by atoms with Crippen molar-refractivity contribution >= 4 is 5.91 Å². The second-order valence-electron chi connectivity index (χ2n) is 9.96. The van der Waals surface area contributed by atoms with Crippen LogP contribution in [0.25, 0.3) is 11.3 Å². The number of ether oxygens (including phenoxy) is 1. The standard InChI is InChI=1S/C29H32N4O2/c1-18-4-7-23(29(34)33-16-24(17-33)21-8-5-20(15-30)6-9-21)14-26(18)27-19(2)31-28(32-27)22-10-12-25(35-3)13-11-22/h4-9,14,22,24-25H,10-13,16-17H2,1-3H3,(H,31,32)/t22-,25+. The number of methoxy groups -OCH3 is 1. The van der Waals surface area contributed by atoms with E-state index < -0.39 is 0 Å². The van der Waals surface area contributed by atoms with Gasteiger partial charge in [0.1, 0.15) is 5.82 Å². The summed E-state index contributed by atoms with van der Waals surface area (Å²) < 4.78 is 5.52. The second kappa shape index (κ2) is 9.67. The zero-order chi connectivity index (χ0) is 24.5. The summed E-state index contributed by atoms with van der Waals surface area (Å²) in [5.41, 5.74) is 6.71. The molecule has 0 spiro atoms. The highest BCUT2D eigenvalue weighted by molar-refractivity contribution is 5.96. The molecular formula is C29H32N4O2. The van der Waals surface area contributed by atoms with E-state index in [1.807, 2.05) is 54.3 Å². The van der Waals surface area contributed by atoms with E-state index in [1.165, 1.54) is 5.56 Å². The van der Waals surface area contributed by atoms with Crippen LogP contribution in [0.15, 0.2) is 42.5 Å². The number of likely N-dealkylation sites (tertiary alicyclic amines) is 1. The zero-order valence-corrected chi connectivity index (χ0v) is 20.7. The van der Waals surface area contributed by atoms with Crippen molar-refractivity contribution in [2.75, 3.05) is 20.2 Å². The Bertz CT molecular complexity index is 1260. The maximum absolute atomic E-state index is 13.2. The number of nitrogens with zero attached hydrogens (tertiary/aromatic N) is 3. The molecule has 0 radical (unpaired) electrons. The van der Waals surface area contributed by atoms with Crippen molar-refractivity contribution in [3.63, 3.8) is 0 Å². The Kier molecular flexibility index (Phi) is 6.44. The van der Waals surface area contributed by atoms with Gasteiger partial charge in [0.05, 0.1) is 29.1 Å². The second-order valence-corrected chi connectivity index (χ2v) is 9.96. The number of aromatic nitrogens is 2. The van der Waals surface area contributed by atoms with Gasteiger partial charge in [0.25, 0.3) is 5.91 Å². The molecule has 180 valence electrons. The minimum Gasteiger partial charge on any atom is -0.381 e. The number of H-pyrrole nitrogens is 1. The van der Waals surface area contributed by atoms with Gasteiger partial charge in [-0.05, 0) is 74.9 Å². The van der Waals surface area contributed by atoms with Gasteiger partial charge in [-0.25, -0.2) is 4.98 Å². The average Bonchev–Trinajstić information content (AvgIpc) is 3.25. The summed E-state index contributed by atoms with van der Waals surface area (Å²) in [7, 11) is 1.80. The van der Waals surface area contributed by atoms with Crippen LogP contribution in [0.3, 0.4) is 0 Å². The van der Waals surface area contributed by atoms with Crippen molar-refractivity contribution in [2.24, 2.45) is 0 Å². The number of nitrogens with one attached hydrogen (secondary N) is 1. The van der Waals surface area contributed by atoms with Gasteiger partial charge in [-0.15, -0.1) is 0 Å². The van der Waals surface area contributed by atoms with Crippen LogP contribution >= 0.6 is 0 Å². The lowest BCUT2D eigenvalue weighted by atomic mass is 9.87. The number of amides is 1. The van der Waals surface area contributed by atoms with Crippen molar-refractivity contribution in [1.29, 1.82) is 5.26 Å². The molecule has 5 rings (SSSR count). The fourth-order valence-electron chi connectivity index (χ4n) is 5.40. The largest absolute Gasteiger partial charge is 0.381 e. The third-order valence-electron chi connectivity index (χ3n) is 7.73. The summed E-state index contributed by atoms with van der Waals surface area (Å²) in [6, 6.07) is 15.8. The smallest absolute Gasteiger partial charge is 0.253 e. The van der Waals surface area contributed by atoms with Crippen LogP contribution in [0.5, 0.6) is 0 Å². The van der Waals surface area contributed by atoms with Gasteiger partial charge in [0, 0.05) is 43.2 Å². The highest BCUT2D eigenvalue weighted by Gasteiger charge is 2.32. The van der Waals surface area contributed by atoms with Gasteiger partial charge in [0.15, 0.2) is 0 Å². The first-order valence-corrected chi connectivity index (χ1v) is 12.5. The van der Waals surface area contributed by atoms with Gasteiger partial charge in [-0.1, -0.05) is 18.2 Å². The molecule has 1 aliphatic carbocycles. The van der Waals surface area contributed by atoms with Crippen LogP contribution in [0.1, 0.15) is 76.1 Å². The Morgan fingerprint density at radius 2 is 1.77 bits per heavy atom. The normalized spacial score (nSPS) is 20.3. The topological polar surface area (TPSA) is 82.0 Å². The van der Waals surface area contributed by atoms with Crippen LogP contribution in [0, 0.1) is 25.2 Å². The molecule has 0 unspecified atom stereocenters. The number of imidazole rings is 1. The minimum absolute atomic E-state index is 0.0615. The fraction of sp³-hybridized carbons (Fsp3) is 0.414. The van der Waals surface area contributed by atoms with E-state index in [-0.39, 0.29) is 5.91 Å². The predicted octanol–water partition coefficient (Wildman–Crippen LogP) is 5.48. The van der Waals surface area contributed by atoms with Crippen molar-refractivity contribution < 1.29 is 9.53 Å². The highest BCUT2D eigenvalue weighted by Crippen LogP contribution is 2.36. The minimum atomic E-state index is 0.0615. The van der Waals surface area contributed by atoms with Crippen LogP contribution in [-0.4, -0.2) is 47.1 Å². The predicted molar refractivity (Wildman–Crippen MR) is 135 cm³/mol.